The van der Waals surface area contributed by atoms with Crippen LogP contribution in [0.1, 0.15) is 0 Å². The maximum absolute atomic E-state index is 5.91. The summed E-state index contributed by atoms with van der Waals surface area (Å²) >= 11 is 9.15. The first-order chi connectivity index (χ1) is 5.68. The summed E-state index contributed by atoms with van der Waals surface area (Å²) in [6.45, 7) is 0. The van der Waals surface area contributed by atoms with E-state index < -0.39 is 0 Å². The maximum atomic E-state index is 5.91. The minimum Gasteiger partial charge on any atom is -0.331 e. The Morgan fingerprint density at radius 1 is 1.58 bits per heavy atom. The van der Waals surface area contributed by atoms with Gasteiger partial charge in [-0.1, -0.05) is 11.6 Å². The number of pyridine rings is 1. The number of aryl methyl sites for hydroxylation is 1. The molecule has 2 aromatic heterocycles. The van der Waals surface area contributed by atoms with Crippen LogP contribution in [0.25, 0.3) is 11.0 Å². The lowest BCUT2D eigenvalue weighted by Gasteiger charge is -1.96. The molecule has 0 N–H and O–H groups in total. The molecule has 2 aromatic rings. The summed E-state index contributed by atoms with van der Waals surface area (Å²) in [6.07, 6.45) is 1.71. The van der Waals surface area contributed by atoms with E-state index in [1.54, 1.807) is 6.33 Å². The highest BCUT2D eigenvalue weighted by Crippen LogP contribution is 2.22. The molecule has 0 aliphatic heterocycles. The van der Waals surface area contributed by atoms with Crippen LogP contribution in [0.4, 0.5) is 0 Å². The van der Waals surface area contributed by atoms with Crippen molar-refractivity contribution in [1.82, 2.24) is 14.5 Å². The van der Waals surface area contributed by atoms with E-state index >= 15 is 0 Å². The molecule has 0 spiro atoms. The van der Waals surface area contributed by atoms with Gasteiger partial charge in [0.25, 0.3) is 0 Å². The van der Waals surface area contributed by atoms with Gasteiger partial charge in [-0.25, -0.2) is 9.97 Å². The fourth-order valence-corrected chi connectivity index (χ4v) is 1.91. The summed E-state index contributed by atoms with van der Waals surface area (Å²) in [4.78, 5) is 8.20. The van der Waals surface area contributed by atoms with Crippen molar-refractivity contribution in [2.75, 3.05) is 0 Å². The maximum Gasteiger partial charge on any atom is 0.156 e. The topological polar surface area (TPSA) is 30.7 Å². The first kappa shape index (κ1) is 8.01. The molecule has 0 saturated heterocycles. The van der Waals surface area contributed by atoms with Crippen molar-refractivity contribution in [3.8, 4) is 0 Å². The Bertz CT molecular complexity index is 437. The highest BCUT2D eigenvalue weighted by Gasteiger charge is 2.06. The molecule has 0 aliphatic carbocycles. The van der Waals surface area contributed by atoms with E-state index in [1.165, 1.54) is 0 Å². The molecule has 3 nitrogen and oxygen atoms in total. The van der Waals surface area contributed by atoms with E-state index in [0.29, 0.717) is 9.76 Å². The van der Waals surface area contributed by atoms with Crippen LogP contribution in [0.5, 0.6) is 0 Å². The molecular formula is C7H5BrClN3. The number of aromatic nitrogens is 3. The molecule has 62 valence electrons. The normalized spacial score (nSPS) is 10.9. The smallest absolute Gasteiger partial charge is 0.156 e. The summed E-state index contributed by atoms with van der Waals surface area (Å²) in [5, 5.41) is 0.472. The highest BCUT2D eigenvalue weighted by atomic mass is 79.9. The molecule has 0 fully saturated rings. The summed E-state index contributed by atoms with van der Waals surface area (Å²) < 4.78 is 2.55. The summed E-state index contributed by atoms with van der Waals surface area (Å²) in [6, 6.07) is 1.83. The number of nitrogens with zero attached hydrogens (tertiary/aromatic N) is 3. The van der Waals surface area contributed by atoms with E-state index in [1.807, 2.05) is 17.7 Å². The summed E-state index contributed by atoms with van der Waals surface area (Å²) in [7, 11) is 1.89. The average molecular weight is 246 g/mol. The SMILES string of the molecule is Cn1cnc2cc(Br)nc(Cl)c21. The monoisotopic (exact) mass is 245 g/mol. The van der Waals surface area contributed by atoms with E-state index in [-0.39, 0.29) is 0 Å². The summed E-state index contributed by atoms with van der Waals surface area (Å²) in [5.74, 6) is 0. The van der Waals surface area contributed by atoms with Crippen molar-refractivity contribution in [3.05, 3.63) is 22.1 Å². The van der Waals surface area contributed by atoms with Gasteiger partial charge in [-0.15, -0.1) is 0 Å². The number of imidazole rings is 1. The molecule has 0 atom stereocenters. The van der Waals surface area contributed by atoms with Gasteiger partial charge in [0.1, 0.15) is 10.1 Å². The van der Waals surface area contributed by atoms with Crippen molar-refractivity contribution in [3.63, 3.8) is 0 Å². The fraction of sp³-hybridized carbons (Fsp3) is 0.143. The Kier molecular flexibility index (Phi) is 1.81. The Hall–Kier alpha value is -0.610. The molecule has 0 amide bonds. The van der Waals surface area contributed by atoms with Gasteiger partial charge in [0.2, 0.25) is 0 Å². The van der Waals surface area contributed by atoms with Gasteiger partial charge in [0, 0.05) is 7.05 Å². The van der Waals surface area contributed by atoms with Gasteiger partial charge in [0.15, 0.2) is 5.15 Å². The summed E-state index contributed by atoms with van der Waals surface area (Å²) in [5.41, 5.74) is 1.71. The van der Waals surface area contributed by atoms with Crippen LogP contribution in [0, 0.1) is 0 Å². The van der Waals surface area contributed by atoms with E-state index in [2.05, 4.69) is 25.9 Å². The first-order valence-corrected chi connectivity index (χ1v) is 4.48. The molecule has 2 rings (SSSR count). The van der Waals surface area contributed by atoms with Crippen molar-refractivity contribution < 1.29 is 0 Å². The highest BCUT2D eigenvalue weighted by molar-refractivity contribution is 9.10. The molecule has 0 radical (unpaired) electrons. The zero-order chi connectivity index (χ0) is 8.72. The van der Waals surface area contributed by atoms with Gasteiger partial charge in [-0.2, -0.15) is 0 Å². The largest absolute Gasteiger partial charge is 0.331 e. The molecule has 0 saturated carbocycles. The fourth-order valence-electron chi connectivity index (χ4n) is 1.10. The predicted octanol–water partition coefficient (Wildman–Crippen LogP) is 2.38. The van der Waals surface area contributed by atoms with Gasteiger partial charge >= 0.3 is 0 Å². The number of hydrogen-bond donors (Lipinski definition) is 0. The van der Waals surface area contributed by atoms with Crippen LogP contribution in [0.2, 0.25) is 5.15 Å². The van der Waals surface area contributed by atoms with Crippen LogP contribution in [0.3, 0.4) is 0 Å². The van der Waals surface area contributed by atoms with E-state index in [4.69, 9.17) is 11.6 Å². The van der Waals surface area contributed by atoms with Crippen LogP contribution < -0.4 is 0 Å². The minimum absolute atomic E-state index is 0.472. The van der Waals surface area contributed by atoms with Crippen LogP contribution >= 0.6 is 27.5 Å². The molecule has 0 bridgehead atoms. The van der Waals surface area contributed by atoms with Crippen LogP contribution in [0.15, 0.2) is 17.0 Å². The Balaban J connectivity index is 2.93. The van der Waals surface area contributed by atoms with Crippen molar-refractivity contribution in [1.29, 1.82) is 0 Å². The third-order valence-corrected chi connectivity index (χ3v) is 2.29. The van der Waals surface area contributed by atoms with E-state index in [0.717, 1.165) is 11.0 Å². The van der Waals surface area contributed by atoms with Crippen LogP contribution in [-0.4, -0.2) is 14.5 Å². The zero-order valence-electron chi connectivity index (χ0n) is 6.25. The number of halogens is 2. The van der Waals surface area contributed by atoms with Crippen LogP contribution in [-0.2, 0) is 7.05 Å². The molecule has 5 heteroatoms. The van der Waals surface area contributed by atoms with E-state index in [9.17, 15) is 0 Å². The minimum atomic E-state index is 0.472. The second-order valence-electron chi connectivity index (χ2n) is 2.46. The first-order valence-electron chi connectivity index (χ1n) is 3.31. The lowest BCUT2D eigenvalue weighted by molar-refractivity contribution is 0.944. The Morgan fingerprint density at radius 2 is 2.33 bits per heavy atom. The van der Waals surface area contributed by atoms with Gasteiger partial charge in [-0.05, 0) is 22.0 Å². The number of rotatable bonds is 0. The average Bonchev–Trinajstić information content (AvgIpc) is 2.31. The quantitative estimate of drug-likeness (QED) is 0.668. The zero-order valence-corrected chi connectivity index (χ0v) is 8.59. The molecule has 2 heterocycles. The van der Waals surface area contributed by atoms with Crippen molar-refractivity contribution in [2.24, 2.45) is 7.05 Å². The standard InChI is InChI=1S/C7H5BrClN3/c1-12-3-10-4-2-5(8)11-7(9)6(4)12/h2-3H,1H3. The van der Waals surface area contributed by atoms with Crippen molar-refractivity contribution in [2.45, 2.75) is 0 Å². The van der Waals surface area contributed by atoms with Gasteiger partial charge in [-0.3, -0.25) is 0 Å². The molecule has 12 heavy (non-hydrogen) atoms. The number of fused-ring (bicyclic) bond motifs is 1. The predicted molar refractivity (Wildman–Crippen MR) is 51.2 cm³/mol. The molecular weight excluding hydrogens is 241 g/mol. The Morgan fingerprint density at radius 3 is 3.08 bits per heavy atom. The second kappa shape index (κ2) is 2.71. The molecule has 0 aliphatic rings. The molecule has 0 unspecified atom stereocenters. The third kappa shape index (κ3) is 1.11. The Labute approximate surface area is 82.5 Å². The number of hydrogen-bond acceptors (Lipinski definition) is 2. The second-order valence-corrected chi connectivity index (χ2v) is 3.63. The van der Waals surface area contributed by atoms with Gasteiger partial charge < -0.3 is 4.57 Å². The van der Waals surface area contributed by atoms with Crippen molar-refractivity contribution >= 4 is 38.6 Å². The van der Waals surface area contributed by atoms with Gasteiger partial charge in [0.05, 0.1) is 11.8 Å². The lowest BCUT2D eigenvalue weighted by Crippen LogP contribution is -1.87. The molecule has 0 aromatic carbocycles. The third-order valence-electron chi connectivity index (χ3n) is 1.62. The lowest BCUT2D eigenvalue weighted by atomic mass is 10.4.